The summed E-state index contributed by atoms with van der Waals surface area (Å²) in [5.41, 5.74) is 0. The van der Waals surface area contributed by atoms with Crippen molar-refractivity contribution in [2.75, 3.05) is 0 Å². The van der Waals surface area contributed by atoms with Crippen molar-refractivity contribution in [1.82, 2.24) is 0 Å². The third kappa shape index (κ3) is 1.02. The maximum atomic E-state index is 4.85. The Morgan fingerprint density at radius 3 is 2.83 bits per heavy atom. The molecule has 0 aliphatic rings. The molecule has 6 heavy (non-hydrogen) atoms. The summed E-state index contributed by atoms with van der Waals surface area (Å²) in [5, 5.41) is 2.06. The zero-order chi connectivity index (χ0) is 4.41. The third-order valence-electron chi connectivity index (χ3n) is 0.384. The van der Waals surface area contributed by atoms with Crippen LogP contribution in [0.25, 0.3) is 0 Å². The molecule has 0 nitrogen and oxygen atoms in total. The Labute approximate surface area is 51.2 Å². The second kappa shape index (κ2) is 2.03. The molecular weight excluding hydrogens is 179 g/mol. The van der Waals surface area contributed by atoms with Crippen molar-refractivity contribution in [3.63, 3.8) is 0 Å². The van der Waals surface area contributed by atoms with Crippen LogP contribution in [-0.2, 0) is 0 Å². The summed E-state index contributed by atoms with van der Waals surface area (Å²) >= 11 is 7.06. The van der Waals surface area contributed by atoms with E-state index in [1.807, 2.05) is 0 Å². The standard InChI is InChI=1S/C3H2S2Se/c4-3-5-1-2-6-3/h1-2H. The monoisotopic (exact) mass is 182 g/mol. The van der Waals surface area contributed by atoms with Crippen LogP contribution in [-0.4, -0.2) is 14.5 Å². The minimum atomic E-state index is 0.542. The van der Waals surface area contributed by atoms with Crippen molar-refractivity contribution < 1.29 is 0 Å². The molecular formula is C3H2S2Se. The van der Waals surface area contributed by atoms with Gasteiger partial charge in [0, 0.05) is 0 Å². The Hall–Kier alpha value is 0.569. The van der Waals surface area contributed by atoms with Gasteiger partial charge in [-0.3, -0.25) is 0 Å². The molecule has 0 saturated carbocycles. The number of rotatable bonds is 0. The van der Waals surface area contributed by atoms with E-state index in [4.69, 9.17) is 12.2 Å². The first-order valence-electron chi connectivity index (χ1n) is 1.42. The van der Waals surface area contributed by atoms with Crippen LogP contribution < -0.4 is 0 Å². The zero-order valence-electron chi connectivity index (χ0n) is 2.88. The predicted octanol–water partition coefficient (Wildman–Crippen LogP) is 1.53. The molecule has 1 heterocycles. The first-order valence-corrected chi connectivity index (χ1v) is 4.55. The van der Waals surface area contributed by atoms with Gasteiger partial charge in [-0.05, 0) is 0 Å². The number of hydrogen-bond donors (Lipinski definition) is 0. The van der Waals surface area contributed by atoms with E-state index in [2.05, 4.69) is 10.3 Å². The van der Waals surface area contributed by atoms with Crippen molar-refractivity contribution >= 4 is 38.1 Å². The molecule has 0 spiro atoms. The van der Waals surface area contributed by atoms with Crippen molar-refractivity contribution in [3.05, 3.63) is 13.0 Å². The topological polar surface area (TPSA) is 0 Å². The fourth-order valence-corrected chi connectivity index (χ4v) is 2.85. The van der Waals surface area contributed by atoms with E-state index in [0.717, 1.165) is 2.70 Å². The van der Waals surface area contributed by atoms with E-state index >= 15 is 0 Å². The Balaban J connectivity index is 3.41. The summed E-state index contributed by atoms with van der Waals surface area (Å²) in [6.45, 7) is 0. The molecule has 3 heteroatoms. The summed E-state index contributed by atoms with van der Waals surface area (Å²) < 4.78 is 1.16. The van der Waals surface area contributed by atoms with Crippen molar-refractivity contribution in [1.29, 1.82) is 0 Å². The SMILES string of the molecule is S=c1scc[se]1. The molecule has 0 aromatic carbocycles. The second-order valence-electron chi connectivity index (χ2n) is 0.758. The third-order valence-corrected chi connectivity index (χ3v) is 4.11. The summed E-state index contributed by atoms with van der Waals surface area (Å²) in [4.78, 5) is 2.14. The molecule has 0 amide bonds. The Morgan fingerprint density at radius 1 is 1.83 bits per heavy atom. The summed E-state index contributed by atoms with van der Waals surface area (Å²) in [7, 11) is 0. The normalized spacial score (nSPS) is 8.67. The average Bonchev–Trinajstić information content (AvgIpc) is 1.86. The van der Waals surface area contributed by atoms with Gasteiger partial charge in [0.15, 0.2) is 0 Å². The first kappa shape index (κ1) is 4.72. The molecule has 0 saturated heterocycles. The Bertz CT molecular complexity index is 147. The fourth-order valence-electron chi connectivity index (χ4n) is 0.194. The molecule has 0 fully saturated rings. The van der Waals surface area contributed by atoms with Crippen LogP contribution in [0.2, 0.25) is 0 Å². The first-order chi connectivity index (χ1) is 2.89. The molecule has 1 rings (SSSR count). The van der Waals surface area contributed by atoms with E-state index in [0.29, 0.717) is 14.5 Å². The average molecular weight is 181 g/mol. The molecule has 1 aromatic heterocycles. The van der Waals surface area contributed by atoms with Crippen LogP contribution in [0.4, 0.5) is 0 Å². The predicted molar refractivity (Wildman–Crippen MR) is 32.1 cm³/mol. The molecule has 0 unspecified atom stereocenters. The van der Waals surface area contributed by atoms with E-state index in [1.165, 1.54) is 0 Å². The van der Waals surface area contributed by atoms with Gasteiger partial charge < -0.3 is 0 Å². The Morgan fingerprint density at radius 2 is 2.67 bits per heavy atom. The van der Waals surface area contributed by atoms with Crippen LogP contribution in [0.3, 0.4) is 0 Å². The van der Waals surface area contributed by atoms with Gasteiger partial charge in [-0.25, -0.2) is 0 Å². The van der Waals surface area contributed by atoms with Gasteiger partial charge in [-0.2, -0.15) is 0 Å². The van der Waals surface area contributed by atoms with Gasteiger partial charge in [-0.1, -0.05) is 0 Å². The molecule has 0 N–H and O–H groups in total. The van der Waals surface area contributed by atoms with Crippen molar-refractivity contribution in [2.45, 2.75) is 0 Å². The van der Waals surface area contributed by atoms with Gasteiger partial charge in [0.2, 0.25) is 0 Å². The minimum absolute atomic E-state index is 0.542. The van der Waals surface area contributed by atoms with Crippen LogP contribution in [0, 0.1) is 2.70 Å². The van der Waals surface area contributed by atoms with E-state index < -0.39 is 0 Å². The summed E-state index contributed by atoms with van der Waals surface area (Å²) in [6, 6.07) is 0. The number of hydrogen-bond acceptors (Lipinski definition) is 2. The molecule has 0 aliphatic heterocycles. The summed E-state index contributed by atoms with van der Waals surface area (Å²) in [5.74, 6) is 0. The van der Waals surface area contributed by atoms with E-state index in [-0.39, 0.29) is 0 Å². The maximum absolute atomic E-state index is 4.85. The molecule has 0 aliphatic carbocycles. The molecule has 32 valence electrons. The molecule has 0 bridgehead atoms. The van der Waals surface area contributed by atoms with Crippen LogP contribution in [0.1, 0.15) is 0 Å². The van der Waals surface area contributed by atoms with Crippen molar-refractivity contribution in [3.8, 4) is 0 Å². The van der Waals surface area contributed by atoms with Crippen LogP contribution >= 0.6 is 23.6 Å². The second-order valence-corrected chi connectivity index (χ2v) is 5.43. The van der Waals surface area contributed by atoms with E-state index in [1.54, 1.807) is 11.3 Å². The van der Waals surface area contributed by atoms with E-state index in [9.17, 15) is 0 Å². The van der Waals surface area contributed by atoms with Gasteiger partial charge in [0.05, 0.1) is 0 Å². The molecule has 1 aromatic rings. The van der Waals surface area contributed by atoms with Gasteiger partial charge in [-0.15, -0.1) is 0 Å². The van der Waals surface area contributed by atoms with Crippen LogP contribution in [0.15, 0.2) is 10.3 Å². The van der Waals surface area contributed by atoms with Gasteiger partial charge >= 0.3 is 51.1 Å². The molecule has 0 atom stereocenters. The fraction of sp³-hybridized carbons (Fsp3) is 0. The van der Waals surface area contributed by atoms with Gasteiger partial charge in [0.1, 0.15) is 0 Å². The quantitative estimate of drug-likeness (QED) is 0.432. The van der Waals surface area contributed by atoms with Gasteiger partial charge in [0.25, 0.3) is 0 Å². The van der Waals surface area contributed by atoms with Crippen LogP contribution in [0.5, 0.6) is 0 Å². The van der Waals surface area contributed by atoms with Crippen molar-refractivity contribution in [2.24, 2.45) is 0 Å². The zero-order valence-corrected chi connectivity index (χ0v) is 6.23. The summed E-state index contributed by atoms with van der Waals surface area (Å²) in [6.07, 6.45) is 0. The molecule has 0 radical (unpaired) electrons. The Kier molecular flexibility index (Phi) is 1.60.